The summed E-state index contributed by atoms with van der Waals surface area (Å²) in [5.74, 6) is 0.633. The van der Waals surface area contributed by atoms with Crippen molar-refractivity contribution >= 4 is 28.9 Å². The molecular weight excluding hydrogens is 352 g/mol. The number of halogens is 1. The lowest BCUT2D eigenvalue weighted by molar-refractivity contribution is -0.152. The van der Waals surface area contributed by atoms with Gasteiger partial charge in [0.25, 0.3) is 11.8 Å². The van der Waals surface area contributed by atoms with Gasteiger partial charge in [-0.2, -0.15) is 0 Å². The van der Waals surface area contributed by atoms with Crippen LogP contribution in [0, 0.1) is 0 Å². The fraction of sp³-hybridized carbons (Fsp3) is 0.188. The van der Waals surface area contributed by atoms with Gasteiger partial charge in [0.2, 0.25) is 0 Å². The van der Waals surface area contributed by atoms with Crippen molar-refractivity contribution in [1.82, 2.24) is 10.2 Å². The lowest BCUT2D eigenvalue weighted by atomic mass is 10.3. The highest BCUT2D eigenvalue weighted by Gasteiger charge is 2.19. The predicted octanol–water partition coefficient (Wildman–Crippen LogP) is 4.13. The number of hydrogen-bond acceptors (Lipinski definition) is 7. The van der Waals surface area contributed by atoms with E-state index in [-0.39, 0.29) is 12.5 Å². The maximum Gasteiger partial charge on any atom is 0.344 e. The fourth-order valence-corrected chi connectivity index (χ4v) is 2.62. The molecular formula is C16H13ClN2O4S. The molecule has 0 N–H and O–H groups in total. The van der Waals surface area contributed by atoms with E-state index in [1.165, 1.54) is 11.3 Å². The standard InChI is InChI=1S/C16H13ClN2O4S/c1-10(15-18-19-16(23-15)13-3-2-8-24-13)22-14(20)9-21-12-6-4-11(17)5-7-12/h2-8,10H,9H2,1H3/t10-/m1/s1. The van der Waals surface area contributed by atoms with Crippen molar-refractivity contribution in [3.63, 3.8) is 0 Å². The summed E-state index contributed by atoms with van der Waals surface area (Å²) >= 11 is 7.27. The van der Waals surface area contributed by atoms with Gasteiger partial charge in [0, 0.05) is 5.02 Å². The van der Waals surface area contributed by atoms with Gasteiger partial charge in [-0.25, -0.2) is 4.79 Å². The van der Waals surface area contributed by atoms with Gasteiger partial charge in [0.1, 0.15) is 5.75 Å². The van der Waals surface area contributed by atoms with Crippen LogP contribution in [-0.2, 0) is 9.53 Å². The first kappa shape index (κ1) is 16.5. The lowest BCUT2D eigenvalue weighted by Gasteiger charge is -2.10. The molecule has 0 spiro atoms. The van der Waals surface area contributed by atoms with Gasteiger partial charge in [-0.1, -0.05) is 17.7 Å². The molecule has 2 aromatic heterocycles. The van der Waals surface area contributed by atoms with E-state index in [4.69, 9.17) is 25.5 Å². The summed E-state index contributed by atoms with van der Waals surface area (Å²) in [6.45, 7) is 1.43. The molecule has 0 aliphatic carbocycles. The van der Waals surface area contributed by atoms with Crippen LogP contribution >= 0.6 is 22.9 Å². The molecule has 3 rings (SSSR count). The first-order chi connectivity index (χ1) is 11.6. The summed E-state index contributed by atoms with van der Waals surface area (Å²) in [6.07, 6.45) is -0.660. The number of aromatic nitrogens is 2. The SMILES string of the molecule is C[C@@H](OC(=O)COc1ccc(Cl)cc1)c1nnc(-c2cccs2)o1. The summed E-state index contributed by atoms with van der Waals surface area (Å²) in [4.78, 5) is 12.7. The first-order valence-corrected chi connectivity index (χ1v) is 8.32. The van der Waals surface area contributed by atoms with Crippen molar-refractivity contribution in [2.45, 2.75) is 13.0 Å². The van der Waals surface area contributed by atoms with Crippen LogP contribution in [-0.4, -0.2) is 22.8 Å². The molecule has 0 unspecified atom stereocenters. The number of benzene rings is 1. The first-order valence-electron chi connectivity index (χ1n) is 7.07. The minimum absolute atomic E-state index is 0.224. The quantitative estimate of drug-likeness (QED) is 0.612. The van der Waals surface area contributed by atoms with E-state index < -0.39 is 12.1 Å². The molecule has 0 amide bonds. The molecule has 8 heteroatoms. The number of rotatable bonds is 6. The minimum Gasteiger partial charge on any atom is -0.482 e. The van der Waals surface area contributed by atoms with Crippen LogP contribution in [0.15, 0.2) is 46.2 Å². The Balaban J connectivity index is 1.53. The molecule has 0 aliphatic heterocycles. The maximum atomic E-state index is 11.8. The second-order valence-corrected chi connectivity index (χ2v) is 6.18. The topological polar surface area (TPSA) is 74.5 Å². The normalized spacial score (nSPS) is 11.9. The highest BCUT2D eigenvalue weighted by Crippen LogP contribution is 2.25. The Morgan fingerprint density at radius 1 is 1.29 bits per heavy atom. The Kier molecular flexibility index (Phi) is 5.12. The van der Waals surface area contributed by atoms with Crippen molar-refractivity contribution in [3.8, 4) is 16.5 Å². The third-order valence-corrected chi connectivity index (χ3v) is 4.11. The van der Waals surface area contributed by atoms with Gasteiger partial charge in [-0.3, -0.25) is 0 Å². The molecule has 24 heavy (non-hydrogen) atoms. The summed E-state index contributed by atoms with van der Waals surface area (Å²) in [5.41, 5.74) is 0. The molecule has 1 aromatic carbocycles. The summed E-state index contributed by atoms with van der Waals surface area (Å²) < 4.78 is 16.1. The van der Waals surface area contributed by atoms with Crippen LogP contribution in [0.5, 0.6) is 5.75 Å². The van der Waals surface area contributed by atoms with E-state index in [0.29, 0.717) is 16.7 Å². The van der Waals surface area contributed by atoms with E-state index in [2.05, 4.69) is 10.2 Å². The lowest BCUT2D eigenvalue weighted by Crippen LogP contribution is -2.17. The van der Waals surface area contributed by atoms with Crippen LogP contribution in [0.1, 0.15) is 18.9 Å². The van der Waals surface area contributed by atoms with Crippen molar-refractivity contribution in [2.24, 2.45) is 0 Å². The third-order valence-electron chi connectivity index (χ3n) is 3.00. The van der Waals surface area contributed by atoms with E-state index in [9.17, 15) is 4.79 Å². The zero-order valence-corrected chi connectivity index (χ0v) is 14.2. The summed E-state index contributed by atoms with van der Waals surface area (Å²) in [5, 5.41) is 10.4. The van der Waals surface area contributed by atoms with Crippen molar-refractivity contribution in [3.05, 3.63) is 52.7 Å². The predicted molar refractivity (Wildman–Crippen MR) is 89.1 cm³/mol. The van der Waals surface area contributed by atoms with Crippen LogP contribution in [0.4, 0.5) is 0 Å². The molecule has 124 valence electrons. The molecule has 0 aliphatic rings. The van der Waals surface area contributed by atoms with Gasteiger partial charge >= 0.3 is 5.97 Å². The van der Waals surface area contributed by atoms with Gasteiger partial charge in [-0.15, -0.1) is 21.5 Å². The third kappa shape index (κ3) is 4.12. The average molecular weight is 365 g/mol. The number of esters is 1. The molecule has 1 atom stereocenters. The van der Waals surface area contributed by atoms with Crippen LogP contribution < -0.4 is 4.74 Å². The van der Waals surface area contributed by atoms with Gasteiger partial charge < -0.3 is 13.9 Å². The highest BCUT2D eigenvalue weighted by atomic mass is 35.5. The smallest absolute Gasteiger partial charge is 0.344 e. The molecule has 0 fully saturated rings. The molecule has 3 aromatic rings. The molecule has 0 saturated carbocycles. The zero-order valence-electron chi connectivity index (χ0n) is 12.6. The number of thiophene rings is 1. The van der Waals surface area contributed by atoms with Crippen LogP contribution in [0.3, 0.4) is 0 Å². The maximum absolute atomic E-state index is 11.8. The molecule has 6 nitrogen and oxygen atoms in total. The van der Waals surface area contributed by atoms with Gasteiger partial charge in [-0.05, 0) is 42.6 Å². The highest BCUT2D eigenvalue weighted by molar-refractivity contribution is 7.13. The van der Waals surface area contributed by atoms with E-state index in [0.717, 1.165) is 4.88 Å². The largest absolute Gasteiger partial charge is 0.482 e. The van der Waals surface area contributed by atoms with Crippen LogP contribution in [0.25, 0.3) is 10.8 Å². The molecule has 0 saturated heterocycles. The second-order valence-electron chi connectivity index (χ2n) is 4.80. The molecule has 2 heterocycles. The minimum atomic E-state index is -0.660. The van der Waals surface area contributed by atoms with Gasteiger partial charge in [0.15, 0.2) is 12.7 Å². The Hall–Kier alpha value is -2.38. The van der Waals surface area contributed by atoms with Crippen LogP contribution in [0.2, 0.25) is 5.02 Å². The second kappa shape index (κ2) is 7.46. The summed E-state index contributed by atoms with van der Waals surface area (Å²) in [6, 6.07) is 10.5. The summed E-state index contributed by atoms with van der Waals surface area (Å²) in [7, 11) is 0. The monoisotopic (exact) mass is 364 g/mol. The Bertz CT molecular complexity index is 802. The van der Waals surface area contributed by atoms with E-state index in [1.807, 2.05) is 17.5 Å². The van der Waals surface area contributed by atoms with Crippen molar-refractivity contribution in [2.75, 3.05) is 6.61 Å². The zero-order chi connectivity index (χ0) is 16.9. The average Bonchev–Trinajstić information content (AvgIpc) is 3.25. The molecule has 0 radical (unpaired) electrons. The number of hydrogen-bond donors (Lipinski definition) is 0. The number of ether oxygens (including phenoxy) is 2. The van der Waals surface area contributed by atoms with Gasteiger partial charge in [0.05, 0.1) is 4.88 Å². The molecule has 0 bridgehead atoms. The number of nitrogens with zero attached hydrogens (tertiary/aromatic N) is 2. The Labute approximate surface area is 147 Å². The van der Waals surface area contributed by atoms with Crippen molar-refractivity contribution in [1.29, 1.82) is 0 Å². The van der Waals surface area contributed by atoms with E-state index in [1.54, 1.807) is 31.2 Å². The van der Waals surface area contributed by atoms with E-state index >= 15 is 0 Å². The fourth-order valence-electron chi connectivity index (χ4n) is 1.85. The number of carbonyl (C=O) groups is 1. The Morgan fingerprint density at radius 2 is 2.08 bits per heavy atom. The number of carbonyl (C=O) groups excluding carboxylic acids is 1. The Morgan fingerprint density at radius 3 is 2.79 bits per heavy atom. The van der Waals surface area contributed by atoms with Crippen molar-refractivity contribution < 1.29 is 18.7 Å².